The first-order valence-electron chi connectivity index (χ1n) is 9.99. The molecular weight excluding hydrogens is 425 g/mol. The fourth-order valence-corrected chi connectivity index (χ4v) is 3.88. The molecule has 0 fully saturated rings. The predicted octanol–water partition coefficient (Wildman–Crippen LogP) is 6.29. The molecule has 1 heterocycles. The van der Waals surface area contributed by atoms with Crippen molar-refractivity contribution in [3.63, 3.8) is 0 Å². The van der Waals surface area contributed by atoms with Crippen molar-refractivity contribution in [1.29, 1.82) is 0 Å². The molecule has 1 N–H and O–H groups in total. The zero-order chi connectivity index (χ0) is 22.3. The van der Waals surface area contributed by atoms with Crippen LogP contribution < -0.4 is 14.9 Å². The van der Waals surface area contributed by atoms with E-state index in [2.05, 4.69) is 15.5 Å². The Hall–Kier alpha value is -3.71. The van der Waals surface area contributed by atoms with Crippen LogP contribution in [0.1, 0.15) is 16.0 Å². The van der Waals surface area contributed by atoms with E-state index in [-0.39, 0.29) is 5.82 Å². The molecule has 5 nitrogen and oxygen atoms in total. The quantitative estimate of drug-likeness (QED) is 0.255. The Balaban J connectivity index is 1.40. The molecule has 0 amide bonds. The minimum atomic E-state index is -0.271. The zero-order valence-electron chi connectivity index (χ0n) is 17.7. The number of nitrogens with zero attached hydrogens (tertiary/aromatic N) is 2. The van der Waals surface area contributed by atoms with E-state index < -0.39 is 0 Å². The first kappa shape index (κ1) is 21.5. The lowest BCUT2D eigenvalue weighted by Gasteiger charge is -2.11. The highest BCUT2D eigenvalue weighted by atomic mass is 32.1. The normalized spacial score (nSPS) is 11.0. The SMILES string of the molecule is COc1cc(/C=N/Nc2nc(-c3ccccc3)c(C)s2)ccc1OCc1ccc(F)cc1. The first-order chi connectivity index (χ1) is 15.6. The highest BCUT2D eigenvalue weighted by Crippen LogP contribution is 2.31. The van der Waals surface area contributed by atoms with Crippen LogP contribution in [-0.2, 0) is 6.61 Å². The van der Waals surface area contributed by atoms with Gasteiger partial charge in [-0.3, -0.25) is 5.43 Å². The molecule has 0 radical (unpaired) electrons. The Labute approximate surface area is 190 Å². The number of hydrogen-bond donors (Lipinski definition) is 1. The molecule has 4 aromatic rings. The number of benzene rings is 3. The predicted molar refractivity (Wildman–Crippen MR) is 127 cm³/mol. The van der Waals surface area contributed by atoms with Crippen LogP contribution in [0.25, 0.3) is 11.3 Å². The average Bonchev–Trinajstić information content (AvgIpc) is 3.20. The van der Waals surface area contributed by atoms with E-state index in [1.807, 2.05) is 55.5 Å². The van der Waals surface area contributed by atoms with Crippen LogP contribution in [0.3, 0.4) is 0 Å². The number of thiazole rings is 1. The van der Waals surface area contributed by atoms with Gasteiger partial charge >= 0.3 is 0 Å². The van der Waals surface area contributed by atoms with E-state index in [0.29, 0.717) is 18.1 Å². The minimum absolute atomic E-state index is 0.271. The third-order valence-corrected chi connectivity index (χ3v) is 5.59. The Morgan fingerprint density at radius 3 is 2.56 bits per heavy atom. The molecule has 1 aromatic heterocycles. The van der Waals surface area contributed by atoms with E-state index in [4.69, 9.17) is 9.47 Å². The smallest absolute Gasteiger partial charge is 0.204 e. The van der Waals surface area contributed by atoms with Crippen molar-refractivity contribution in [1.82, 2.24) is 4.98 Å². The van der Waals surface area contributed by atoms with Crippen LogP contribution in [0, 0.1) is 12.7 Å². The second kappa shape index (κ2) is 10.1. The molecule has 0 atom stereocenters. The van der Waals surface area contributed by atoms with Gasteiger partial charge < -0.3 is 9.47 Å². The van der Waals surface area contributed by atoms with Gasteiger partial charge in [0.05, 0.1) is 19.0 Å². The van der Waals surface area contributed by atoms with Crippen LogP contribution in [0.2, 0.25) is 0 Å². The Kier molecular flexibility index (Phi) is 6.77. The van der Waals surface area contributed by atoms with Crippen molar-refractivity contribution in [3.8, 4) is 22.8 Å². The molecule has 0 spiro atoms. The number of methoxy groups -OCH3 is 1. The lowest BCUT2D eigenvalue weighted by atomic mass is 10.1. The summed E-state index contributed by atoms with van der Waals surface area (Å²) in [4.78, 5) is 5.77. The molecule has 3 aromatic carbocycles. The van der Waals surface area contributed by atoms with Crippen molar-refractivity contribution >= 4 is 22.7 Å². The van der Waals surface area contributed by atoms with Crippen LogP contribution >= 0.6 is 11.3 Å². The maximum atomic E-state index is 13.0. The van der Waals surface area contributed by atoms with Gasteiger partial charge in [-0.2, -0.15) is 5.10 Å². The largest absolute Gasteiger partial charge is 0.493 e. The van der Waals surface area contributed by atoms with Crippen molar-refractivity contribution in [2.75, 3.05) is 12.5 Å². The van der Waals surface area contributed by atoms with E-state index in [1.54, 1.807) is 36.8 Å². The molecule has 32 heavy (non-hydrogen) atoms. The van der Waals surface area contributed by atoms with Gasteiger partial charge in [-0.1, -0.05) is 42.5 Å². The lowest BCUT2D eigenvalue weighted by molar-refractivity contribution is 0.284. The molecule has 0 unspecified atom stereocenters. The van der Waals surface area contributed by atoms with Crippen LogP contribution in [0.15, 0.2) is 77.9 Å². The van der Waals surface area contributed by atoms with Gasteiger partial charge in [0.1, 0.15) is 12.4 Å². The molecule has 0 saturated heterocycles. The standard InChI is InChI=1S/C25H22FN3O2S/c1-17-24(20-6-4-3-5-7-20)28-25(32-17)29-27-15-19-10-13-22(23(14-19)30-2)31-16-18-8-11-21(26)12-9-18/h3-15H,16H2,1-2H3,(H,28,29)/b27-15+. The third kappa shape index (κ3) is 5.31. The summed E-state index contributed by atoms with van der Waals surface area (Å²) in [6.45, 7) is 2.36. The second-order valence-electron chi connectivity index (χ2n) is 6.99. The molecule has 0 saturated carbocycles. The van der Waals surface area contributed by atoms with Gasteiger partial charge in [0.25, 0.3) is 0 Å². The maximum Gasteiger partial charge on any atom is 0.204 e. The van der Waals surface area contributed by atoms with E-state index in [1.165, 1.54) is 12.1 Å². The number of aromatic nitrogens is 1. The van der Waals surface area contributed by atoms with E-state index in [9.17, 15) is 4.39 Å². The summed E-state index contributed by atoms with van der Waals surface area (Å²) in [5.41, 5.74) is 6.76. The van der Waals surface area contributed by atoms with E-state index >= 15 is 0 Å². The monoisotopic (exact) mass is 447 g/mol. The number of anilines is 1. The number of nitrogens with one attached hydrogen (secondary N) is 1. The number of hydrogen-bond acceptors (Lipinski definition) is 6. The summed E-state index contributed by atoms with van der Waals surface area (Å²) in [6.07, 6.45) is 1.70. The van der Waals surface area contributed by atoms with E-state index in [0.717, 1.165) is 32.4 Å². The number of rotatable bonds is 8. The van der Waals surface area contributed by atoms with Gasteiger partial charge in [-0.05, 0) is 48.4 Å². The molecule has 0 aliphatic carbocycles. The highest BCUT2D eigenvalue weighted by molar-refractivity contribution is 7.15. The average molecular weight is 448 g/mol. The van der Waals surface area contributed by atoms with Gasteiger partial charge in [-0.25, -0.2) is 9.37 Å². The summed E-state index contributed by atoms with van der Waals surface area (Å²) >= 11 is 1.56. The summed E-state index contributed by atoms with van der Waals surface area (Å²) in [5.74, 6) is 0.922. The van der Waals surface area contributed by atoms with Gasteiger partial charge in [0.2, 0.25) is 5.13 Å². The fourth-order valence-electron chi connectivity index (χ4n) is 3.10. The molecule has 0 aliphatic heterocycles. The number of ether oxygens (including phenoxy) is 2. The Bertz CT molecular complexity index is 1210. The van der Waals surface area contributed by atoms with Gasteiger partial charge in [0.15, 0.2) is 11.5 Å². The van der Waals surface area contributed by atoms with Crippen molar-refractivity contribution in [3.05, 3.63) is 94.6 Å². The second-order valence-corrected chi connectivity index (χ2v) is 8.19. The van der Waals surface area contributed by atoms with Crippen LogP contribution in [0.5, 0.6) is 11.5 Å². The van der Waals surface area contributed by atoms with Crippen LogP contribution in [0.4, 0.5) is 9.52 Å². The Morgan fingerprint density at radius 1 is 1.03 bits per heavy atom. The van der Waals surface area contributed by atoms with Gasteiger partial charge in [-0.15, -0.1) is 11.3 Å². The first-order valence-corrected chi connectivity index (χ1v) is 10.8. The molecule has 0 bridgehead atoms. The zero-order valence-corrected chi connectivity index (χ0v) is 18.5. The topological polar surface area (TPSA) is 55.7 Å². The maximum absolute atomic E-state index is 13.0. The summed E-state index contributed by atoms with van der Waals surface area (Å²) in [7, 11) is 1.59. The summed E-state index contributed by atoms with van der Waals surface area (Å²) in [6, 6.07) is 21.8. The molecule has 0 aliphatic rings. The lowest BCUT2D eigenvalue weighted by Crippen LogP contribution is -1.99. The fraction of sp³-hybridized carbons (Fsp3) is 0.120. The summed E-state index contributed by atoms with van der Waals surface area (Å²) in [5, 5.41) is 5.03. The minimum Gasteiger partial charge on any atom is -0.493 e. The number of aryl methyl sites for hydroxylation is 1. The Morgan fingerprint density at radius 2 is 1.81 bits per heavy atom. The molecular formula is C25H22FN3O2S. The van der Waals surface area contributed by atoms with Crippen molar-refractivity contribution in [2.24, 2.45) is 5.10 Å². The number of halogens is 1. The van der Waals surface area contributed by atoms with Crippen molar-refractivity contribution < 1.29 is 13.9 Å². The van der Waals surface area contributed by atoms with Crippen LogP contribution in [-0.4, -0.2) is 18.3 Å². The molecule has 162 valence electrons. The van der Waals surface area contributed by atoms with Gasteiger partial charge in [0, 0.05) is 10.4 Å². The molecule has 7 heteroatoms. The highest BCUT2D eigenvalue weighted by Gasteiger charge is 2.09. The molecule has 4 rings (SSSR count). The van der Waals surface area contributed by atoms with Crippen molar-refractivity contribution in [2.45, 2.75) is 13.5 Å². The third-order valence-electron chi connectivity index (χ3n) is 4.71. The number of hydrazone groups is 1. The summed E-state index contributed by atoms with van der Waals surface area (Å²) < 4.78 is 24.3.